The van der Waals surface area contributed by atoms with Crippen LogP contribution in [0.3, 0.4) is 0 Å². The van der Waals surface area contributed by atoms with E-state index in [1.165, 1.54) is 25.0 Å². The van der Waals surface area contributed by atoms with Crippen LogP contribution in [0.1, 0.15) is 56.8 Å². The van der Waals surface area contributed by atoms with E-state index in [1.54, 1.807) is 0 Å². The molecule has 1 aromatic rings. The van der Waals surface area contributed by atoms with Gasteiger partial charge in [-0.25, -0.2) is 9.97 Å². The Morgan fingerprint density at radius 1 is 1.26 bits per heavy atom. The Kier molecular flexibility index (Phi) is 4.98. The third-order valence-corrected chi connectivity index (χ3v) is 5.68. The lowest BCUT2D eigenvalue weighted by Gasteiger charge is -2.25. The minimum absolute atomic E-state index is 0.0547. The summed E-state index contributed by atoms with van der Waals surface area (Å²) in [6.07, 6.45) is 3.83. The highest BCUT2D eigenvalue weighted by Crippen LogP contribution is 2.39. The fourth-order valence-electron chi connectivity index (χ4n) is 2.22. The largest absolute Gasteiger partial charge is 0.372 e. The molecule has 0 aliphatic carbocycles. The zero-order chi connectivity index (χ0) is 14.0. The lowest BCUT2D eigenvalue weighted by Crippen LogP contribution is -2.20. The fraction of sp³-hybridized carbons (Fsp3) is 0.714. The number of halogens is 1. The van der Waals surface area contributed by atoms with Crippen LogP contribution in [-0.4, -0.2) is 22.8 Å². The maximum absolute atomic E-state index is 4.90. The first-order chi connectivity index (χ1) is 8.93. The highest BCUT2D eigenvalue weighted by atomic mass is 127. The number of thioether (sulfide) groups is 1. The van der Waals surface area contributed by atoms with E-state index in [1.807, 2.05) is 18.8 Å². The van der Waals surface area contributed by atoms with Crippen LogP contribution >= 0.6 is 34.4 Å². The van der Waals surface area contributed by atoms with Gasteiger partial charge in [0.05, 0.1) is 14.5 Å². The summed E-state index contributed by atoms with van der Waals surface area (Å²) in [6, 6.07) is 0. The number of aromatic nitrogens is 2. The van der Waals surface area contributed by atoms with Crippen molar-refractivity contribution in [1.82, 2.24) is 9.97 Å². The molecule has 5 heteroatoms. The highest BCUT2D eigenvalue weighted by molar-refractivity contribution is 14.1. The van der Waals surface area contributed by atoms with Gasteiger partial charge >= 0.3 is 0 Å². The standard InChI is InChI=1S/C14H22IN3S/c1-14(2,3)11-10(15)13(16-4)18-12(17-11)9-7-5-6-8-19-9/h9H,5-8H2,1-4H3,(H,16,17,18). The number of nitrogens with one attached hydrogen (secondary N) is 1. The summed E-state index contributed by atoms with van der Waals surface area (Å²) in [6.45, 7) is 6.65. The highest BCUT2D eigenvalue weighted by Gasteiger charge is 2.26. The van der Waals surface area contributed by atoms with E-state index in [9.17, 15) is 0 Å². The summed E-state index contributed by atoms with van der Waals surface area (Å²) in [5.74, 6) is 3.22. The van der Waals surface area contributed by atoms with Gasteiger partial charge in [0.1, 0.15) is 11.6 Å². The van der Waals surface area contributed by atoms with Gasteiger partial charge in [0, 0.05) is 12.5 Å². The first kappa shape index (κ1) is 15.4. The molecule has 1 fully saturated rings. The maximum Gasteiger partial charge on any atom is 0.144 e. The van der Waals surface area contributed by atoms with E-state index in [0.29, 0.717) is 5.25 Å². The van der Waals surface area contributed by atoms with E-state index in [0.717, 1.165) is 20.9 Å². The van der Waals surface area contributed by atoms with Gasteiger partial charge in [-0.3, -0.25) is 0 Å². The normalized spacial score (nSPS) is 20.4. The number of anilines is 1. The van der Waals surface area contributed by atoms with Gasteiger partial charge in [-0.05, 0) is 41.2 Å². The SMILES string of the molecule is CNc1nc(C2CCCCS2)nc(C(C)(C)C)c1I. The summed E-state index contributed by atoms with van der Waals surface area (Å²) >= 11 is 4.36. The van der Waals surface area contributed by atoms with Crippen molar-refractivity contribution in [1.29, 1.82) is 0 Å². The van der Waals surface area contributed by atoms with Crippen molar-refractivity contribution in [2.75, 3.05) is 18.1 Å². The molecule has 19 heavy (non-hydrogen) atoms. The van der Waals surface area contributed by atoms with Gasteiger partial charge in [-0.1, -0.05) is 27.2 Å². The van der Waals surface area contributed by atoms with Crippen molar-refractivity contribution in [2.45, 2.75) is 50.7 Å². The average Bonchev–Trinajstić information content (AvgIpc) is 2.38. The van der Waals surface area contributed by atoms with Crippen molar-refractivity contribution >= 4 is 40.2 Å². The fourth-order valence-corrected chi connectivity index (χ4v) is 4.78. The van der Waals surface area contributed by atoms with Gasteiger partial charge < -0.3 is 5.32 Å². The van der Waals surface area contributed by atoms with Crippen molar-refractivity contribution < 1.29 is 0 Å². The molecule has 2 rings (SSSR count). The molecule has 1 aromatic heterocycles. The molecular formula is C14H22IN3S. The van der Waals surface area contributed by atoms with Gasteiger partial charge in [-0.2, -0.15) is 11.8 Å². The second-order valence-electron chi connectivity index (χ2n) is 5.95. The zero-order valence-corrected chi connectivity index (χ0v) is 15.1. The molecule has 2 heterocycles. The molecule has 0 saturated carbocycles. The molecule has 1 unspecified atom stereocenters. The summed E-state index contributed by atoms with van der Waals surface area (Å²) in [4.78, 5) is 9.63. The first-order valence-electron chi connectivity index (χ1n) is 6.80. The number of rotatable bonds is 2. The predicted octanol–water partition coefficient (Wildman–Crippen LogP) is 4.38. The lowest BCUT2D eigenvalue weighted by atomic mass is 9.91. The smallest absolute Gasteiger partial charge is 0.144 e. The maximum atomic E-state index is 4.90. The second kappa shape index (κ2) is 6.16. The molecule has 1 aliphatic heterocycles. The molecule has 1 atom stereocenters. The zero-order valence-electron chi connectivity index (χ0n) is 12.1. The molecule has 1 saturated heterocycles. The average molecular weight is 391 g/mol. The number of hydrogen-bond donors (Lipinski definition) is 1. The van der Waals surface area contributed by atoms with Gasteiger partial charge in [0.15, 0.2) is 0 Å². The Labute approximate surface area is 133 Å². The molecule has 0 radical (unpaired) electrons. The Morgan fingerprint density at radius 2 is 2.00 bits per heavy atom. The summed E-state index contributed by atoms with van der Waals surface area (Å²) in [5.41, 5.74) is 1.22. The molecule has 0 amide bonds. The summed E-state index contributed by atoms with van der Waals surface area (Å²) < 4.78 is 1.15. The van der Waals surface area contributed by atoms with E-state index < -0.39 is 0 Å². The number of hydrogen-bond acceptors (Lipinski definition) is 4. The van der Waals surface area contributed by atoms with Crippen LogP contribution in [0.15, 0.2) is 0 Å². The molecule has 0 aromatic carbocycles. The molecule has 0 bridgehead atoms. The van der Waals surface area contributed by atoms with E-state index in [-0.39, 0.29) is 5.41 Å². The van der Waals surface area contributed by atoms with Crippen LogP contribution in [-0.2, 0) is 5.41 Å². The lowest BCUT2D eigenvalue weighted by molar-refractivity contribution is 0.553. The molecule has 1 N–H and O–H groups in total. The second-order valence-corrected chi connectivity index (χ2v) is 8.34. The Balaban J connectivity index is 2.44. The molecule has 106 valence electrons. The summed E-state index contributed by atoms with van der Waals surface area (Å²) in [7, 11) is 1.94. The minimum atomic E-state index is 0.0547. The van der Waals surface area contributed by atoms with Crippen molar-refractivity contribution in [3.05, 3.63) is 15.1 Å². The Morgan fingerprint density at radius 3 is 2.53 bits per heavy atom. The van der Waals surface area contributed by atoms with Crippen LogP contribution in [0.4, 0.5) is 5.82 Å². The van der Waals surface area contributed by atoms with Crippen molar-refractivity contribution in [3.63, 3.8) is 0 Å². The summed E-state index contributed by atoms with van der Waals surface area (Å²) in [5, 5.41) is 3.69. The van der Waals surface area contributed by atoms with Crippen LogP contribution in [0.25, 0.3) is 0 Å². The number of nitrogens with zero attached hydrogens (tertiary/aromatic N) is 2. The molecular weight excluding hydrogens is 369 g/mol. The van der Waals surface area contributed by atoms with Gasteiger partial charge in [-0.15, -0.1) is 0 Å². The third-order valence-electron chi connectivity index (χ3n) is 3.28. The topological polar surface area (TPSA) is 37.8 Å². The van der Waals surface area contributed by atoms with Gasteiger partial charge in [0.25, 0.3) is 0 Å². The van der Waals surface area contributed by atoms with Gasteiger partial charge in [0.2, 0.25) is 0 Å². The predicted molar refractivity (Wildman–Crippen MR) is 92.0 cm³/mol. The van der Waals surface area contributed by atoms with Crippen molar-refractivity contribution in [2.24, 2.45) is 0 Å². The van der Waals surface area contributed by atoms with Crippen molar-refractivity contribution in [3.8, 4) is 0 Å². The van der Waals surface area contributed by atoms with Crippen LogP contribution < -0.4 is 5.32 Å². The molecule has 1 aliphatic rings. The van der Waals surface area contributed by atoms with Crippen LogP contribution in [0.2, 0.25) is 0 Å². The first-order valence-corrected chi connectivity index (χ1v) is 8.93. The quantitative estimate of drug-likeness (QED) is 0.760. The Hall–Kier alpha value is -0.0400. The Bertz CT molecular complexity index is 451. The monoisotopic (exact) mass is 391 g/mol. The third kappa shape index (κ3) is 3.54. The van der Waals surface area contributed by atoms with E-state index in [4.69, 9.17) is 9.97 Å². The molecule has 3 nitrogen and oxygen atoms in total. The van der Waals surface area contributed by atoms with Crippen LogP contribution in [0, 0.1) is 3.57 Å². The minimum Gasteiger partial charge on any atom is -0.372 e. The van der Waals surface area contributed by atoms with E-state index in [2.05, 4.69) is 48.7 Å². The molecule has 0 spiro atoms. The van der Waals surface area contributed by atoms with E-state index >= 15 is 0 Å². The van der Waals surface area contributed by atoms with Crippen LogP contribution in [0.5, 0.6) is 0 Å².